The maximum atomic E-state index is 3.88. The van der Waals surface area contributed by atoms with Gasteiger partial charge in [-0.25, -0.2) is 0 Å². The fraction of sp³-hybridized carbons (Fsp3) is 1.00. The van der Waals surface area contributed by atoms with Crippen molar-refractivity contribution in [2.45, 2.75) is 71.9 Å². The molecule has 0 aromatic carbocycles. The van der Waals surface area contributed by atoms with Gasteiger partial charge in [0.1, 0.15) is 0 Å². The van der Waals surface area contributed by atoms with Crippen LogP contribution in [0.1, 0.15) is 59.8 Å². The lowest BCUT2D eigenvalue weighted by Crippen LogP contribution is -2.36. The molecule has 1 atom stereocenters. The summed E-state index contributed by atoms with van der Waals surface area (Å²) in [6, 6.07) is 1.70. The average Bonchev–Trinajstić information content (AvgIpc) is 3.04. The van der Waals surface area contributed by atoms with Crippen molar-refractivity contribution >= 4 is 0 Å². The molecule has 1 saturated carbocycles. The van der Waals surface area contributed by atoms with Crippen molar-refractivity contribution in [2.75, 3.05) is 19.6 Å². The maximum absolute atomic E-state index is 3.88. The second-order valence-electron chi connectivity index (χ2n) is 7.75. The van der Waals surface area contributed by atoms with E-state index in [0.29, 0.717) is 0 Å². The first-order valence-electron chi connectivity index (χ1n) is 8.52. The molecule has 0 radical (unpaired) electrons. The van der Waals surface area contributed by atoms with E-state index < -0.39 is 0 Å². The summed E-state index contributed by atoms with van der Waals surface area (Å²) in [6.45, 7) is 13.3. The van der Waals surface area contributed by atoms with Crippen LogP contribution in [0, 0.1) is 17.8 Å². The van der Waals surface area contributed by atoms with Gasteiger partial charge in [-0.1, -0.05) is 27.7 Å². The molecule has 2 heteroatoms. The van der Waals surface area contributed by atoms with Crippen LogP contribution >= 0.6 is 0 Å². The minimum absolute atomic E-state index is 0.731. The minimum atomic E-state index is 0.731. The lowest BCUT2D eigenvalue weighted by molar-refractivity contribution is 0.299. The van der Waals surface area contributed by atoms with Gasteiger partial charge in [0.2, 0.25) is 0 Å². The van der Waals surface area contributed by atoms with Gasteiger partial charge in [0.05, 0.1) is 0 Å². The van der Waals surface area contributed by atoms with Crippen molar-refractivity contribution in [1.82, 2.24) is 10.2 Å². The number of nitrogens with one attached hydrogen (secondary N) is 1. The Morgan fingerprint density at radius 3 is 2.16 bits per heavy atom. The molecule has 1 N–H and O–H groups in total. The molecule has 0 amide bonds. The van der Waals surface area contributed by atoms with Crippen molar-refractivity contribution in [1.29, 1.82) is 0 Å². The molecule has 0 aromatic rings. The van der Waals surface area contributed by atoms with Gasteiger partial charge in [-0.05, 0) is 62.9 Å². The van der Waals surface area contributed by atoms with E-state index in [9.17, 15) is 0 Å². The normalized spacial score (nSPS) is 25.1. The van der Waals surface area contributed by atoms with E-state index >= 15 is 0 Å². The predicted octanol–water partition coefficient (Wildman–Crippen LogP) is 3.52. The molecular formula is C17H34N2. The second-order valence-corrected chi connectivity index (χ2v) is 7.75. The molecule has 2 fully saturated rings. The summed E-state index contributed by atoms with van der Waals surface area (Å²) in [7, 11) is 0. The van der Waals surface area contributed by atoms with E-state index in [1.54, 1.807) is 0 Å². The SMILES string of the molecule is CC(C)CC(CC(C)C)NCC1CCN(C2CC2)C1. The zero-order valence-electron chi connectivity index (χ0n) is 13.5. The molecule has 1 aliphatic carbocycles. The molecule has 2 aliphatic rings. The van der Waals surface area contributed by atoms with Gasteiger partial charge < -0.3 is 10.2 Å². The first kappa shape index (κ1) is 15.3. The molecule has 0 spiro atoms. The maximum Gasteiger partial charge on any atom is 0.00965 e. The fourth-order valence-corrected chi connectivity index (χ4v) is 3.53. The third-order valence-corrected chi connectivity index (χ3v) is 4.59. The quantitative estimate of drug-likeness (QED) is 0.723. The fourth-order valence-electron chi connectivity index (χ4n) is 3.53. The van der Waals surface area contributed by atoms with Crippen LogP contribution in [0.4, 0.5) is 0 Å². The molecule has 0 bridgehead atoms. The zero-order chi connectivity index (χ0) is 13.8. The Labute approximate surface area is 120 Å². The topological polar surface area (TPSA) is 15.3 Å². The van der Waals surface area contributed by atoms with Crippen LogP contribution < -0.4 is 5.32 Å². The second kappa shape index (κ2) is 7.08. The summed E-state index contributed by atoms with van der Waals surface area (Å²) in [4.78, 5) is 2.73. The van der Waals surface area contributed by atoms with Gasteiger partial charge in [0.25, 0.3) is 0 Å². The third-order valence-electron chi connectivity index (χ3n) is 4.59. The van der Waals surface area contributed by atoms with Crippen LogP contribution in [0.3, 0.4) is 0 Å². The Kier molecular flexibility index (Phi) is 5.70. The Balaban J connectivity index is 1.68. The van der Waals surface area contributed by atoms with Crippen molar-refractivity contribution in [3.05, 3.63) is 0 Å². The number of hydrogen-bond donors (Lipinski definition) is 1. The monoisotopic (exact) mass is 266 g/mol. The Morgan fingerprint density at radius 1 is 1.00 bits per heavy atom. The average molecular weight is 266 g/mol. The van der Waals surface area contributed by atoms with E-state index in [1.807, 2.05) is 0 Å². The Morgan fingerprint density at radius 2 is 1.63 bits per heavy atom. The highest BCUT2D eigenvalue weighted by atomic mass is 15.2. The smallest absolute Gasteiger partial charge is 0.00965 e. The predicted molar refractivity (Wildman–Crippen MR) is 83.4 cm³/mol. The molecule has 0 aromatic heterocycles. The van der Waals surface area contributed by atoms with Crippen molar-refractivity contribution < 1.29 is 0 Å². The van der Waals surface area contributed by atoms with E-state index in [-0.39, 0.29) is 0 Å². The Hall–Kier alpha value is -0.0800. The van der Waals surface area contributed by atoms with Crippen LogP contribution in [-0.2, 0) is 0 Å². The summed E-state index contributed by atoms with van der Waals surface area (Å²) in [5, 5.41) is 3.88. The molecule has 112 valence electrons. The number of rotatable bonds is 8. The number of hydrogen-bond acceptors (Lipinski definition) is 2. The van der Waals surface area contributed by atoms with Crippen LogP contribution in [0.5, 0.6) is 0 Å². The van der Waals surface area contributed by atoms with Gasteiger partial charge in [-0.3, -0.25) is 0 Å². The van der Waals surface area contributed by atoms with Crippen molar-refractivity contribution in [2.24, 2.45) is 17.8 Å². The number of nitrogens with zero attached hydrogens (tertiary/aromatic N) is 1. The van der Waals surface area contributed by atoms with Crippen LogP contribution in [0.15, 0.2) is 0 Å². The molecule has 19 heavy (non-hydrogen) atoms. The largest absolute Gasteiger partial charge is 0.314 e. The van der Waals surface area contributed by atoms with Crippen LogP contribution in [-0.4, -0.2) is 36.6 Å². The molecule has 2 nitrogen and oxygen atoms in total. The van der Waals surface area contributed by atoms with Gasteiger partial charge in [0, 0.05) is 18.6 Å². The molecule has 1 aliphatic heterocycles. The number of likely N-dealkylation sites (tertiary alicyclic amines) is 1. The third kappa shape index (κ3) is 5.43. The summed E-state index contributed by atoms with van der Waals surface area (Å²) in [6.07, 6.45) is 7.00. The summed E-state index contributed by atoms with van der Waals surface area (Å²) < 4.78 is 0. The van der Waals surface area contributed by atoms with E-state index in [1.165, 1.54) is 51.7 Å². The van der Waals surface area contributed by atoms with Crippen molar-refractivity contribution in [3.8, 4) is 0 Å². The lowest BCUT2D eigenvalue weighted by atomic mass is 9.95. The van der Waals surface area contributed by atoms with E-state index in [2.05, 4.69) is 37.9 Å². The van der Waals surface area contributed by atoms with Crippen molar-refractivity contribution in [3.63, 3.8) is 0 Å². The highest BCUT2D eigenvalue weighted by Crippen LogP contribution is 2.31. The van der Waals surface area contributed by atoms with E-state index in [0.717, 1.165) is 29.8 Å². The molecule has 1 unspecified atom stereocenters. The zero-order valence-corrected chi connectivity index (χ0v) is 13.5. The van der Waals surface area contributed by atoms with Crippen LogP contribution in [0.2, 0.25) is 0 Å². The molecule has 1 heterocycles. The highest BCUT2D eigenvalue weighted by Gasteiger charge is 2.34. The van der Waals surface area contributed by atoms with E-state index in [4.69, 9.17) is 0 Å². The summed E-state index contributed by atoms with van der Waals surface area (Å²) >= 11 is 0. The highest BCUT2D eigenvalue weighted by molar-refractivity contribution is 4.90. The lowest BCUT2D eigenvalue weighted by Gasteiger charge is -2.24. The standard InChI is InChI=1S/C17H34N2/c1-13(2)9-16(10-14(3)4)18-11-15-7-8-19(12-15)17-5-6-17/h13-18H,5-12H2,1-4H3. The summed E-state index contributed by atoms with van der Waals surface area (Å²) in [5.74, 6) is 2.52. The first-order chi connectivity index (χ1) is 9.04. The van der Waals surface area contributed by atoms with Gasteiger partial charge in [0.15, 0.2) is 0 Å². The minimum Gasteiger partial charge on any atom is -0.314 e. The van der Waals surface area contributed by atoms with Crippen LogP contribution in [0.25, 0.3) is 0 Å². The van der Waals surface area contributed by atoms with Gasteiger partial charge >= 0.3 is 0 Å². The van der Waals surface area contributed by atoms with Gasteiger partial charge in [-0.15, -0.1) is 0 Å². The Bertz CT molecular complexity index is 248. The molecular weight excluding hydrogens is 232 g/mol. The molecule has 1 saturated heterocycles. The van der Waals surface area contributed by atoms with Gasteiger partial charge in [-0.2, -0.15) is 0 Å². The molecule has 2 rings (SSSR count). The first-order valence-corrected chi connectivity index (χ1v) is 8.52. The summed E-state index contributed by atoms with van der Waals surface area (Å²) in [5.41, 5.74) is 0.